The number of aliphatic carboxylic acids is 1. The first-order chi connectivity index (χ1) is 14.8. The van der Waals surface area contributed by atoms with Crippen molar-refractivity contribution in [3.05, 3.63) is 41.6 Å². The van der Waals surface area contributed by atoms with E-state index in [0.29, 0.717) is 23.0 Å². The minimum absolute atomic E-state index is 0.268. The monoisotopic (exact) mass is 425 g/mol. The molecule has 0 spiro atoms. The number of likely N-dealkylation sites (tertiary alicyclic amines) is 1. The van der Waals surface area contributed by atoms with Crippen LogP contribution in [0.5, 0.6) is 0 Å². The lowest BCUT2D eigenvalue weighted by Crippen LogP contribution is -2.46. The molecule has 31 heavy (non-hydrogen) atoms. The standard InChI is InChI=1S/C23H31N5O3/c1-23(2,22(30)31)15-4-6-16(7-5-15)25-21-19(20(24)29)14-28(26-21)18-10-8-17(9-11-18)27-12-3-13-27/h4-7,14,17-18H,3,8-13H2,1-2H3,(H2,24,29)(H,25,26)(H,30,31). The second kappa shape index (κ2) is 8.34. The predicted molar refractivity (Wildman–Crippen MR) is 119 cm³/mol. The van der Waals surface area contributed by atoms with Crippen molar-refractivity contribution in [2.45, 2.75) is 63.5 Å². The molecule has 1 saturated carbocycles. The maximum atomic E-state index is 12.0. The zero-order chi connectivity index (χ0) is 22.2. The number of carboxylic acid groups (broad SMARTS) is 1. The van der Waals surface area contributed by atoms with Gasteiger partial charge < -0.3 is 21.1 Å². The fraction of sp³-hybridized carbons (Fsp3) is 0.522. The van der Waals surface area contributed by atoms with Crippen LogP contribution in [0.1, 0.15) is 67.9 Å². The zero-order valence-electron chi connectivity index (χ0n) is 18.2. The van der Waals surface area contributed by atoms with Gasteiger partial charge in [0.25, 0.3) is 5.91 Å². The number of carboxylic acids is 1. The molecule has 1 aliphatic heterocycles. The molecule has 0 bridgehead atoms. The van der Waals surface area contributed by atoms with Crippen LogP contribution in [0.25, 0.3) is 0 Å². The summed E-state index contributed by atoms with van der Waals surface area (Å²) in [6, 6.07) is 8.08. The third-order valence-corrected chi connectivity index (χ3v) is 6.85. The summed E-state index contributed by atoms with van der Waals surface area (Å²) >= 11 is 0. The summed E-state index contributed by atoms with van der Waals surface area (Å²) in [6.45, 7) is 5.78. The lowest BCUT2D eigenvalue weighted by molar-refractivity contribution is -0.142. The molecule has 8 nitrogen and oxygen atoms in total. The zero-order valence-corrected chi connectivity index (χ0v) is 18.2. The number of carbonyl (C=O) groups excluding carboxylic acids is 1. The van der Waals surface area contributed by atoms with Crippen LogP contribution in [0.4, 0.5) is 11.5 Å². The van der Waals surface area contributed by atoms with Crippen molar-refractivity contribution in [3.8, 4) is 0 Å². The van der Waals surface area contributed by atoms with Gasteiger partial charge in [0.05, 0.1) is 11.5 Å². The molecule has 1 amide bonds. The number of hydrogen-bond acceptors (Lipinski definition) is 5. The summed E-state index contributed by atoms with van der Waals surface area (Å²) in [6.07, 6.45) is 7.45. The fourth-order valence-electron chi connectivity index (χ4n) is 4.48. The maximum Gasteiger partial charge on any atom is 0.313 e. The van der Waals surface area contributed by atoms with Gasteiger partial charge in [-0.2, -0.15) is 5.10 Å². The second-order valence-electron chi connectivity index (χ2n) is 9.22. The molecular weight excluding hydrogens is 394 g/mol. The van der Waals surface area contributed by atoms with Crippen molar-refractivity contribution in [2.24, 2.45) is 5.73 Å². The Labute approximate surface area is 182 Å². The number of anilines is 2. The van der Waals surface area contributed by atoms with E-state index in [9.17, 15) is 14.7 Å². The molecule has 0 atom stereocenters. The Balaban J connectivity index is 1.48. The van der Waals surface area contributed by atoms with E-state index in [1.54, 1.807) is 44.3 Å². The quantitative estimate of drug-likeness (QED) is 0.627. The number of aromatic nitrogens is 2. The van der Waals surface area contributed by atoms with Crippen LogP contribution >= 0.6 is 0 Å². The van der Waals surface area contributed by atoms with Crippen molar-refractivity contribution in [1.29, 1.82) is 0 Å². The highest BCUT2D eigenvalue weighted by Gasteiger charge is 2.31. The Hall–Kier alpha value is -2.87. The van der Waals surface area contributed by atoms with E-state index in [1.165, 1.54) is 19.5 Å². The van der Waals surface area contributed by atoms with Crippen LogP contribution in [0.3, 0.4) is 0 Å². The molecule has 4 N–H and O–H groups in total. The lowest BCUT2D eigenvalue weighted by atomic mass is 9.85. The van der Waals surface area contributed by atoms with E-state index in [1.807, 2.05) is 4.68 Å². The second-order valence-corrected chi connectivity index (χ2v) is 9.22. The molecule has 1 aromatic carbocycles. The summed E-state index contributed by atoms with van der Waals surface area (Å²) in [5.74, 6) is -0.971. The van der Waals surface area contributed by atoms with Gasteiger partial charge in [0.2, 0.25) is 0 Å². The molecule has 4 rings (SSSR count). The number of rotatable bonds is 7. The van der Waals surface area contributed by atoms with Gasteiger partial charge in [-0.3, -0.25) is 14.3 Å². The van der Waals surface area contributed by atoms with E-state index in [0.717, 1.165) is 31.4 Å². The predicted octanol–water partition coefficient (Wildman–Crippen LogP) is 3.28. The number of nitrogens with zero attached hydrogens (tertiary/aromatic N) is 3. The Kier molecular flexibility index (Phi) is 5.75. The number of amides is 1. The highest BCUT2D eigenvalue weighted by atomic mass is 16.4. The summed E-state index contributed by atoms with van der Waals surface area (Å²) in [5, 5.41) is 17.2. The van der Waals surface area contributed by atoms with Crippen molar-refractivity contribution in [1.82, 2.24) is 14.7 Å². The van der Waals surface area contributed by atoms with Gasteiger partial charge in [-0.1, -0.05) is 12.1 Å². The van der Waals surface area contributed by atoms with Gasteiger partial charge in [-0.25, -0.2) is 0 Å². The van der Waals surface area contributed by atoms with Crippen molar-refractivity contribution >= 4 is 23.4 Å². The first-order valence-electron chi connectivity index (χ1n) is 11.0. The minimum atomic E-state index is -0.979. The molecule has 1 saturated heterocycles. The molecular formula is C23H31N5O3. The van der Waals surface area contributed by atoms with Gasteiger partial charge in [0.15, 0.2) is 5.82 Å². The largest absolute Gasteiger partial charge is 0.481 e. The molecule has 2 aromatic rings. The normalized spacial score (nSPS) is 22.0. The van der Waals surface area contributed by atoms with Gasteiger partial charge >= 0.3 is 5.97 Å². The van der Waals surface area contributed by atoms with Crippen LogP contribution in [-0.4, -0.2) is 50.8 Å². The number of nitrogens with one attached hydrogen (secondary N) is 1. The Bertz CT molecular complexity index is 954. The Morgan fingerprint density at radius 2 is 1.71 bits per heavy atom. The molecule has 2 aliphatic rings. The van der Waals surface area contributed by atoms with Gasteiger partial charge in [-0.05, 0) is 76.7 Å². The van der Waals surface area contributed by atoms with Gasteiger partial charge in [-0.15, -0.1) is 0 Å². The fourth-order valence-corrected chi connectivity index (χ4v) is 4.48. The minimum Gasteiger partial charge on any atom is -0.481 e. The van der Waals surface area contributed by atoms with Crippen molar-refractivity contribution in [2.75, 3.05) is 18.4 Å². The highest BCUT2D eigenvalue weighted by Crippen LogP contribution is 2.34. The van der Waals surface area contributed by atoms with E-state index >= 15 is 0 Å². The van der Waals surface area contributed by atoms with Gasteiger partial charge in [0.1, 0.15) is 5.56 Å². The molecule has 166 valence electrons. The van der Waals surface area contributed by atoms with Crippen LogP contribution < -0.4 is 11.1 Å². The molecule has 0 radical (unpaired) electrons. The molecule has 1 aliphatic carbocycles. The van der Waals surface area contributed by atoms with E-state index in [-0.39, 0.29) is 6.04 Å². The maximum absolute atomic E-state index is 12.0. The molecule has 2 fully saturated rings. The first-order valence-corrected chi connectivity index (χ1v) is 11.0. The molecule has 2 heterocycles. The average molecular weight is 426 g/mol. The van der Waals surface area contributed by atoms with Crippen LogP contribution in [0.2, 0.25) is 0 Å². The van der Waals surface area contributed by atoms with Crippen LogP contribution in [0, 0.1) is 0 Å². The van der Waals surface area contributed by atoms with Gasteiger partial charge in [0, 0.05) is 17.9 Å². The number of primary amides is 1. The van der Waals surface area contributed by atoms with E-state index in [2.05, 4.69) is 15.3 Å². The topological polar surface area (TPSA) is 113 Å². The summed E-state index contributed by atoms with van der Waals surface area (Å²) in [7, 11) is 0. The van der Waals surface area contributed by atoms with Crippen LogP contribution in [0.15, 0.2) is 30.5 Å². The highest BCUT2D eigenvalue weighted by molar-refractivity contribution is 5.98. The third-order valence-electron chi connectivity index (χ3n) is 6.85. The summed E-state index contributed by atoms with van der Waals surface area (Å²) in [5.41, 5.74) is 6.41. The smallest absolute Gasteiger partial charge is 0.313 e. The third kappa shape index (κ3) is 4.30. The average Bonchev–Trinajstić information content (AvgIpc) is 3.11. The number of benzene rings is 1. The molecule has 0 unspecified atom stereocenters. The Morgan fingerprint density at radius 1 is 1.10 bits per heavy atom. The molecule has 1 aromatic heterocycles. The lowest BCUT2D eigenvalue weighted by Gasteiger charge is -2.42. The van der Waals surface area contributed by atoms with Crippen molar-refractivity contribution in [3.63, 3.8) is 0 Å². The first kappa shape index (κ1) is 21.4. The Morgan fingerprint density at radius 3 is 2.23 bits per heavy atom. The van der Waals surface area contributed by atoms with Crippen LogP contribution in [-0.2, 0) is 10.2 Å². The van der Waals surface area contributed by atoms with E-state index in [4.69, 9.17) is 5.73 Å². The number of hydrogen-bond donors (Lipinski definition) is 3. The SMILES string of the molecule is CC(C)(C(=O)O)c1ccc(Nc2nn(C3CCC(N4CCC4)CC3)cc2C(N)=O)cc1. The molecule has 8 heteroatoms. The van der Waals surface area contributed by atoms with E-state index < -0.39 is 17.3 Å². The van der Waals surface area contributed by atoms with Crippen molar-refractivity contribution < 1.29 is 14.7 Å². The number of nitrogens with two attached hydrogens (primary N) is 1. The number of carbonyl (C=O) groups is 2. The summed E-state index contributed by atoms with van der Waals surface area (Å²) in [4.78, 5) is 26.0. The summed E-state index contributed by atoms with van der Waals surface area (Å²) < 4.78 is 1.89.